The lowest BCUT2D eigenvalue weighted by Gasteiger charge is -2.31. The average Bonchev–Trinajstić information content (AvgIpc) is 2.93. The van der Waals surface area contributed by atoms with Crippen LogP contribution < -0.4 is 10.6 Å². The van der Waals surface area contributed by atoms with E-state index in [1.807, 2.05) is 27.7 Å². The van der Waals surface area contributed by atoms with Gasteiger partial charge in [-0.15, -0.1) is 0 Å². The van der Waals surface area contributed by atoms with Crippen molar-refractivity contribution in [3.63, 3.8) is 0 Å². The molecule has 0 saturated heterocycles. The first-order chi connectivity index (χ1) is 11.2. The topological polar surface area (TPSA) is 93.2 Å². The zero-order valence-electron chi connectivity index (χ0n) is 14.8. The summed E-state index contributed by atoms with van der Waals surface area (Å²) in [5, 5.41) is 5.81. The molecule has 24 heavy (non-hydrogen) atoms. The third-order valence-electron chi connectivity index (χ3n) is 3.92. The molecule has 7 nitrogen and oxygen atoms in total. The highest BCUT2D eigenvalue weighted by atomic mass is 16.6. The van der Waals surface area contributed by atoms with Gasteiger partial charge < -0.3 is 15.4 Å². The van der Waals surface area contributed by atoms with Crippen LogP contribution in [0.2, 0.25) is 0 Å². The second-order valence-electron chi connectivity index (χ2n) is 7.34. The summed E-state index contributed by atoms with van der Waals surface area (Å²) in [6.45, 7) is 7.60. The summed E-state index contributed by atoms with van der Waals surface area (Å²) in [4.78, 5) is 32.5. The Morgan fingerprint density at radius 2 is 1.88 bits per heavy atom. The Bertz CT molecular complexity index is 587. The van der Waals surface area contributed by atoms with Crippen LogP contribution in [-0.2, 0) is 4.74 Å². The summed E-state index contributed by atoms with van der Waals surface area (Å²) in [7, 11) is 0. The van der Waals surface area contributed by atoms with E-state index in [0.717, 1.165) is 31.4 Å². The summed E-state index contributed by atoms with van der Waals surface area (Å²) in [5.74, 6) is -0.268. The number of nitrogens with zero attached hydrogens (tertiary/aromatic N) is 2. The lowest BCUT2D eigenvalue weighted by molar-refractivity contribution is 0.0504. The SMILES string of the molecule is Cc1cnc(C(=O)NC2(CNC(=O)OC(C)(C)C)CCCC2)cn1. The zero-order chi connectivity index (χ0) is 17.8. The molecule has 1 aromatic heterocycles. The van der Waals surface area contributed by atoms with E-state index in [0.29, 0.717) is 6.54 Å². The highest BCUT2D eigenvalue weighted by Crippen LogP contribution is 2.29. The van der Waals surface area contributed by atoms with Crippen molar-refractivity contribution in [3.8, 4) is 0 Å². The molecule has 1 heterocycles. The third kappa shape index (κ3) is 5.18. The molecule has 0 unspecified atom stereocenters. The summed E-state index contributed by atoms with van der Waals surface area (Å²) in [5.41, 5.74) is 0.0339. The highest BCUT2D eigenvalue weighted by molar-refractivity contribution is 5.92. The largest absolute Gasteiger partial charge is 0.444 e. The summed E-state index contributed by atoms with van der Waals surface area (Å²) in [6.07, 6.45) is 6.20. The first-order valence-corrected chi connectivity index (χ1v) is 8.27. The van der Waals surface area contributed by atoms with E-state index in [9.17, 15) is 9.59 Å². The van der Waals surface area contributed by atoms with Crippen LogP contribution in [0.15, 0.2) is 12.4 Å². The van der Waals surface area contributed by atoms with Gasteiger partial charge in [0.05, 0.1) is 17.4 Å². The first kappa shape index (κ1) is 18.2. The van der Waals surface area contributed by atoms with Crippen molar-refractivity contribution in [3.05, 3.63) is 23.8 Å². The number of hydrogen-bond acceptors (Lipinski definition) is 5. The number of aryl methyl sites for hydroxylation is 1. The van der Waals surface area contributed by atoms with Crippen LogP contribution in [0, 0.1) is 6.92 Å². The molecule has 2 N–H and O–H groups in total. The van der Waals surface area contributed by atoms with Crippen LogP contribution in [0.25, 0.3) is 0 Å². The van der Waals surface area contributed by atoms with Crippen molar-refractivity contribution in [2.24, 2.45) is 0 Å². The number of carbonyl (C=O) groups is 2. The lowest BCUT2D eigenvalue weighted by atomic mass is 9.97. The average molecular weight is 334 g/mol. The van der Waals surface area contributed by atoms with Crippen LogP contribution in [0.4, 0.5) is 4.79 Å². The molecule has 1 fully saturated rings. The fourth-order valence-electron chi connectivity index (χ4n) is 2.77. The molecular weight excluding hydrogens is 308 g/mol. The summed E-state index contributed by atoms with van der Waals surface area (Å²) in [6, 6.07) is 0. The predicted molar refractivity (Wildman–Crippen MR) is 89.7 cm³/mol. The Balaban J connectivity index is 1.98. The molecule has 1 saturated carbocycles. The van der Waals surface area contributed by atoms with E-state index in [4.69, 9.17) is 4.74 Å². The quantitative estimate of drug-likeness (QED) is 0.881. The van der Waals surface area contributed by atoms with Crippen LogP contribution in [-0.4, -0.2) is 39.7 Å². The summed E-state index contributed by atoms with van der Waals surface area (Å²) >= 11 is 0. The van der Waals surface area contributed by atoms with E-state index in [1.54, 1.807) is 6.20 Å². The van der Waals surface area contributed by atoms with Gasteiger partial charge in [0.2, 0.25) is 0 Å². The molecule has 7 heteroatoms. The van der Waals surface area contributed by atoms with Gasteiger partial charge in [-0.3, -0.25) is 9.78 Å². The zero-order valence-corrected chi connectivity index (χ0v) is 14.8. The molecule has 0 aliphatic heterocycles. The Morgan fingerprint density at radius 3 is 2.42 bits per heavy atom. The van der Waals surface area contributed by atoms with Crippen molar-refractivity contribution >= 4 is 12.0 Å². The van der Waals surface area contributed by atoms with Crippen LogP contribution in [0.3, 0.4) is 0 Å². The number of aromatic nitrogens is 2. The number of rotatable bonds is 4. The fraction of sp³-hybridized carbons (Fsp3) is 0.647. The van der Waals surface area contributed by atoms with E-state index >= 15 is 0 Å². The molecule has 2 amide bonds. The maximum Gasteiger partial charge on any atom is 0.407 e. The Labute approximate surface area is 142 Å². The standard InChI is InChI=1S/C17H26N4O3/c1-12-9-19-13(10-18-12)14(22)21-17(7-5-6-8-17)11-20-15(23)24-16(2,3)4/h9-10H,5-8,11H2,1-4H3,(H,20,23)(H,21,22). The van der Waals surface area contributed by atoms with Gasteiger partial charge in [0.15, 0.2) is 0 Å². The van der Waals surface area contributed by atoms with Crippen LogP contribution in [0.1, 0.15) is 62.6 Å². The summed E-state index contributed by atoms with van der Waals surface area (Å²) < 4.78 is 5.26. The molecule has 0 spiro atoms. The number of alkyl carbamates (subject to hydrolysis) is 1. The molecule has 0 aromatic carbocycles. The van der Waals surface area contributed by atoms with Gasteiger partial charge in [-0.2, -0.15) is 0 Å². The minimum absolute atomic E-state index is 0.268. The molecule has 132 valence electrons. The third-order valence-corrected chi connectivity index (χ3v) is 3.92. The maximum atomic E-state index is 12.4. The number of carbonyl (C=O) groups excluding carboxylic acids is 2. The normalized spacial score (nSPS) is 16.5. The molecule has 1 aromatic rings. The Morgan fingerprint density at radius 1 is 1.21 bits per heavy atom. The smallest absolute Gasteiger partial charge is 0.407 e. The molecule has 1 aliphatic rings. The number of hydrogen-bond donors (Lipinski definition) is 2. The monoisotopic (exact) mass is 334 g/mol. The molecule has 2 rings (SSSR count). The molecule has 0 radical (unpaired) electrons. The van der Waals surface area contributed by atoms with Crippen molar-refractivity contribution in [1.82, 2.24) is 20.6 Å². The predicted octanol–water partition coefficient (Wildman–Crippen LogP) is 2.35. The van der Waals surface area contributed by atoms with Crippen LogP contribution >= 0.6 is 0 Å². The van der Waals surface area contributed by atoms with Gasteiger partial charge in [0, 0.05) is 12.7 Å². The van der Waals surface area contributed by atoms with Gasteiger partial charge in [0.25, 0.3) is 5.91 Å². The Kier molecular flexibility index (Phi) is 5.41. The van der Waals surface area contributed by atoms with Crippen molar-refractivity contribution in [1.29, 1.82) is 0 Å². The second kappa shape index (κ2) is 7.15. The Hall–Kier alpha value is -2.18. The van der Waals surface area contributed by atoms with Crippen LogP contribution in [0.5, 0.6) is 0 Å². The van der Waals surface area contributed by atoms with Gasteiger partial charge in [-0.25, -0.2) is 9.78 Å². The number of nitrogens with one attached hydrogen (secondary N) is 2. The molecule has 0 atom stereocenters. The second-order valence-corrected chi connectivity index (χ2v) is 7.34. The van der Waals surface area contributed by atoms with Crippen molar-refractivity contribution in [2.45, 2.75) is 64.5 Å². The molecule has 0 bridgehead atoms. The van der Waals surface area contributed by atoms with E-state index in [2.05, 4.69) is 20.6 Å². The highest BCUT2D eigenvalue weighted by Gasteiger charge is 2.36. The minimum Gasteiger partial charge on any atom is -0.444 e. The minimum atomic E-state index is -0.548. The molecule has 1 aliphatic carbocycles. The van der Waals surface area contributed by atoms with Gasteiger partial charge >= 0.3 is 6.09 Å². The van der Waals surface area contributed by atoms with E-state index < -0.39 is 17.2 Å². The fourth-order valence-corrected chi connectivity index (χ4v) is 2.77. The lowest BCUT2D eigenvalue weighted by Crippen LogP contribution is -2.54. The maximum absolute atomic E-state index is 12.4. The number of amides is 2. The van der Waals surface area contributed by atoms with Crippen molar-refractivity contribution in [2.75, 3.05) is 6.54 Å². The van der Waals surface area contributed by atoms with Crippen molar-refractivity contribution < 1.29 is 14.3 Å². The number of ether oxygens (including phenoxy) is 1. The van der Waals surface area contributed by atoms with E-state index in [1.165, 1.54) is 6.20 Å². The first-order valence-electron chi connectivity index (χ1n) is 8.27. The van der Waals surface area contributed by atoms with E-state index in [-0.39, 0.29) is 11.6 Å². The van der Waals surface area contributed by atoms with Gasteiger partial charge in [-0.1, -0.05) is 12.8 Å². The van der Waals surface area contributed by atoms with Gasteiger partial charge in [0.1, 0.15) is 11.3 Å². The van der Waals surface area contributed by atoms with Gasteiger partial charge in [-0.05, 0) is 40.5 Å². The molecular formula is C17H26N4O3.